The molecule has 5 heteroatoms. The Bertz CT molecular complexity index is 556. The van der Waals surface area contributed by atoms with Gasteiger partial charge in [-0.1, -0.05) is 6.42 Å². The van der Waals surface area contributed by atoms with Gasteiger partial charge in [-0.3, -0.25) is 4.79 Å². The maximum atomic E-state index is 11.1. The van der Waals surface area contributed by atoms with Crippen LogP contribution in [0.2, 0.25) is 0 Å². The van der Waals surface area contributed by atoms with Gasteiger partial charge in [0.15, 0.2) is 0 Å². The molecular weight excluding hydrogens is 266 g/mol. The van der Waals surface area contributed by atoms with E-state index in [1.54, 1.807) is 25.1 Å². The van der Waals surface area contributed by atoms with Gasteiger partial charge in [-0.15, -0.1) is 0 Å². The summed E-state index contributed by atoms with van der Waals surface area (Å²) in [6.07, 6.45) is 3.15. The van der Waals surface area contributed by atoms with E-state index in [4.69, 9.17) is 15.3 Å². The quantitative estimate of drug-likeness (QED) is 0.586. The molecule has 0 fully saturated rings. The number of rotatable bonds is 8. The fourth-order valence-corrected chi connectivity index (χ4v) is 1.88. The van der Waals surface area contributed by atoms with Gasteiger partial charge in [0.05, 0.1) is 17.7 Å². The Morgan fingerprint density at radius 2 is 1.95 bits per heavy atom. The van der Waals surface area contributed by atoms with Crippen LogP contribution in [0.15, 0.2) is 18.2 Å². The zero-order valence-corrected chi connectivity index (χ0v) is 12.2. The number of carbonyl (C=O) groups is 1. The second kappa shape index (κ2) is 9.39. The van der Waals surface area contributed by atoms with Gasteiger partial charge in [-0.2, -0.15) is 10.5 Å². The monoisotopic (exact) mass is 285 g/mol. The second-order valence-corrected chi connectivity index (χ2v) is 4.53. The molecule has 0 saturated carbocycles. The smallest absolute Gasteiger partial charge is 0.305 e. The summed E-state index contributed by atoms with van der Waals surface area (Å²) < 4.78 is 4.85. The van der Waals surface area contributed by atoms with Crippen LogP contribution < -0.4 is 5.32 Å². The Labute approximate surface area is 125 Å². The van der Waals surface area contributed by atoms with Crippen molar-refractivity contribution in [1.29, 1.82) is 10.5 Å². The summed E-state index contributed by atoms with van der Waals surface area (Å²) in [5.74, 6) is -0.142. The Balaban J connectivity index is 2.26. The van der Waals surface area contributed by atoms with Crippen LogP contribution in [-0.2, 0) is 9.53 Å². The van der Waals surface area contributed by atoms with E-state index < -0.39 is 0 Å². The van der Waals surface area contributed by atoms with E-state index in [0.29, 0.717) is 24.2 Å². The molecule has 0 aromatic heterocycles. The summed E-state index contributed by atoms with van der Waals surface area (Å²) in [4.78, 5) is 11.1. The third-order valence-electron chi connectivity index (χ3n) is 2.95. The SMILES string of the molecule is CCOC(=O)CCCCCNc1ccc(C#N)c(C#N)c1. The van der Waals surface area contributed by atoms with Crippen molar-refractivity contribution in [3.63, 3.8) is 0 Å². The van der Waals surface area contributed by atoms with Crippen LogP contribution in [0.4, 0.5) is 5.69 Å². The van der Waals surface area contributed by atoms with Crippen LogP contribution in [0.25, 0.3) is 0 Å². The number of nitrogens with zero attached hydrogens (tertiary/aromatic N) is 2. The van der Waals surface area contributed by atoms with Crippen molar-refractivity contribution < 1.29 is 9.53 Å². The summed E-state index contributed by atoms with van der Waals surface area (Å²) in [6, 6.07) is 9.10. The lowest BCUT2D eigenvalue weighted by Crippen LogP contribution is -2.05. The molecule has 0 saturated heterocycles. The van der Waals surface area contributed by atoms with E-state index in [1.165, 1.54) is 0 Å². The normalized spacial score (nSPS) is 9.48. The van der Waals surface area contributed by atoms with Gasteiger partial charge in [0.25, 0.3) is 0 Å². The average molecular weight is 285 g/mol. The van der Waals surface area contributed by atoms with Crippen molar-refractivity contribution in [3.8, 4) is 12.1 Å². The van der Waals surface area contributed by atoms with Gasteiger partial charge in [0, 0.05) is 18.7 Å². The van der Waals surface area contributed by atoms with Gasteiger partial charge >= 0.3 is 5.97 Å². The molecular formula is C16H19N3O2. The minimum absolute atomic E-state index is 0.142. The number of anilines is 1. The van der Waals surface area contributed by atoms with Gasteiger partial charge in [0.2, 0.25) is 0 Å². The highest BCUT2D eigenvalue weighted by atomic mass is 16.5. The number of hydrogen-bond donors (Lipinski definition) is 1. The zero-order chi connectivity index (χ0) is 15.5. The highest BCUT2D eigenvalue weighted by Crippen LogP contribution is 2.14. The van der Waals surface area contributed by atoms with Crippen LogP contribution >= 0.6 is 0 Å². The molecule has 0 aliphatic heterocycles. The van der Waals surface area contributed by atoms with Crippen LogP contribution in [0, 0.1) is 22.7 Å². The first-order valence-electron chi connectivity index (χ1n) is 7.05. The molecule has 0 heterocycles. The highest BCUT2D eigenvalue weighted by Gasteiger charge is 2.03. The fraction of sp³-hybridized carbons (Fsp3) is 0.438. The first kappa shape index (κ1) is 16.5. The Morgan fingerprint density at radius 1 is 1.19 bits per heavy atom. The molecule has 0 spiro atoms. The molecule has 0 unspecified atom stereocenters. The highest BCUT2D eigenvalue weighted by molar-refractivity contribution is 5.69. The first-order chi connectivity index (χ1) is 10.2. The summed E-state index contributed by atoms with van der Waals surface area (Å²) in [6.45, 7) is 2.99. The number of nitriles is 2. The molecule has 0 amide bonds. The number of esters is 1. The topological polar surface area (TPSA) is 85.9 Å². The van der Waals surface area contributed by atoms with E-state index in [9.17, 15) is 4.79 Å². The molecule has 1 N–H and O–H groups in total. The molecule has 21 heavy (non-hydrogen) atoms. The predicted molar refractivity (Wildman–Crippen MR) is 79.5 cm³/mol. The van der Waals surface area contributed by atoms with Gasteiger partial charge in [-0.05, 0) is 38.0 Å². The largest absolute Gasteiger partial charge is 0.466 e. The summed E-state index contributed by atoms with van der Waals surface area (Å²) in [5.41, 5.74) is 1.60. The summed E-state index contributed by atoms with van der Waals surface area (Å²) in [7, 11) is 0. The van der Waals surface area contributed by atoms with Crippen LogP contribution in [-0.4, -0.2) is 19.1 Å². The molecule has 110 valence electrons. The molecule has 5 nitrogen and oxygen atoms in total. The lowest BCUT2D eigenvalue weighted by molar-refractivity contribution is -0.143. The third kappa shape index (κ3) is 5.97. The van der Waals surface area contributed by atoms with Gasteiger partial charge in [-0.25, -0.2) is 0 Å². The maximum Gasteiger partial charge on any atom is 0.305 e. The zero-order valence-electron chi connectivity index (χ0n) is 12.2. The Kier molecular flexibility index (Phi) is 7.39. The molecule has 0 bridgehead atoms. The van der Waals surface area contributed by atoms with E-state index in [2.05, 4.69) is 5.32 Å². The maximum absolute atomic E-state index is 11.1. The van der Waals surface area contributed by atoms with Gasteiger partial charge in [0.1, 0.15) is 12.1 Å². The predicted octanol–water partition coefficient (Wildman–Crippen LogP) is 2.97. The number of unbranched alkanes of at least 4 members (excludes halogenated alkanes) is 2. The minimum atomic E-state index is -0.142. The number of nitrogens with one attached hydrogen (secondary N) is 1. The van der Waals surface area contributed by atoms with Crippen LogP contribution in [0.5, 0.6) is 0 Å². The molecule has 0 aliphatic carbocycles. The van der Waals surface area contributed by atoms with E-state index >= 15 is 0 Å². The molecule has 1 aromatic carbocycles. The van der Waals surface area contributed by atoms with Crippen molar-refractivity contribution in [2.24, 2.45) is 0 Å². The van der Waals surface area contributed by atoms with E-state index in [-0.39, 0.29) is 5.97 Å². The molecule has 0 atom stereocenters. The fourth-order valence-electron chi connectivity index (χ4n) is 1.88. The Hall–Kier alpha value is -2.53. The van der Waals surface area contributed by atoms with Crippen LogP contribution in [0.3, 0.4) is 0 Å². The van der Waals surface area contributed by atoms with E-state index in [1.807, 2.05) is 12.1 Å². The molecule has 0 radical (unpaired) electrons. The van der Waals surface area contributed by atoms with Crippen molar-refractivity contribution in [1.82, 2.24) is 0 Å². The van der Waals surface area contributed by atoms with Crippen molar-refractivity contribution in [3.05, 3.63) is 29.3 Å². The number of benzene rings is 1. The first-order valence-corrected chi connectivity index (χ1v) is 7.05. The summed E-state index contributed by atoms with van der Waals surface area (Å²) in [5, 5.41) is 21.0. The third-order valence-corrected chi connectivity index (χ3v) is 2.95. The molecule has 1 rings (SSSR count). The standard InChI is InChI=1S/C16H19N3O2/c1-2-21-16(20)6-4-3-5-9-19-15-8-7-13(11-17)14(10-15)12-18/h7-8,10,19H,2-6,9H2,1H3. The van der Waals surface area contributed by atoms with Gasteiger partial charge < -0.3 is 10.1 Å². The van der Waals surface area contributed by atoms with E-state index in [0.717, 1.165) is 31.5 Å². The van der Waals surface area contributed by atoms with Crippen molar-refractivity contribution in [2.45, 2.75) is 32.6 Å². The minimum Gasteiger partial charge on any atom is -0.466 e. The number of ether oxygens (including phenoxy) is 1. The number of hydrogen-bond acceptors (Lipinski definition) is 5. The molecule has 1 aromatic rings. The lowest BCUT2D eigenvalue weighted by Gasteiger charge is -2.07. The number of carbonyl (C=O) groups excluding carboxylic acids is 1. The van der Waals surface area contributed by atoms with Crippen molar-refractivity contribution >= 4 is 11.7 Å². The summed E-state index contributed by atoms with van der Waals surface area (Å²) >= 11 is 0. The van der Waals surface area contributed by atoms with Crippen LogP contribution in [0.1, 0.15) is 43.7 Å². The average Bonchev–Trinajstić information content (AvgIpc) is 2.50. The lowest BCUT2D eigenvalue weighted by atomic mass is 10.1. The second-order valence-electron chi connectivity index (χ2n) is 4.53. The Morgan fingerprint density at radius 3 is 2.62 bits per heavy atom. The van der Waals surface area contributed by atoms with Crippen molar-refractivity contribution in [2.75, 3.05) is 18.5 Å². The molecule has 0 aliphatic rings.